The molecule has 0 saturated carbocycles. The monoisotopic (exact) mass is 494 g/mol. The molecular formula is C29H26N4O4. The first kappa shape index (κ1) is 24.4. The van der Waals surface area contributed by atoms with Gasteiger partial charge < -0.3 is 9.84 Å². The van der Waals surface area contributed by atoms with Crippen molar-refractivity contribution in [2.75, 3.05) is 6.54 Å². The zero-order chi connectivity index (χ0) is 25.8. The molecule has 0 aliphatic carbocycles. The molecule has 8 nitrogen and oxygen atoms in total. The molecule has 0 bridgehead atoms. The van der Waals surface area contributed by atoms with Crippen LogP contribution in [0.3, 0.4) is 0 Å². The van der Waals surface area contributed by atoms with Gasteiger partial charge in [0, 0.05) is 25.2 Å². The highest BCUT2D eigenvalue weighted by Gasteiger charge is 2.40. The summed E-state index contributed by atoms with van der Waals surface area (Å²) in [5.74, 6) is 0. The van der Waals surface area contributed by atoms with Crippen molar-refractivity contribution in [3.05, 3.63) is 140 Å². The molecule has 3 atom stereocenters. The Kier molecular flexibility index (Phi) is 6.84. The van der Waals surface area contributed by atoms with E-state index >= 15 is 0 Å². The molecule has 3 aromatic carbocycles. The van der Waals surface area contributed by atoms with Crippen LogP contribution in [-0.4, -0.2) is 33.4 Å². The van der Waals surface area contributed by atoms with Crippen molar-refractivity contribution in [3.8, 4) is 6.07 Å². The quantitative estimate of drug-likeness (QED) is 0.340. The number of aliphatic hydroxyl groups excluding tert-OH is 1. The van der Waals surface area contributed by atoms with Crippen LogP contribution in [0.2, 0.25) is 0 Å². The Bertz CT molecular complexity index is 1470. The summed E-state index contributed by atoms with van der Waals surface area (Å²) in [6.07, 6.45) is -0.568. The smallest absolute Gasteiger partial charge is 0.330 e. The van der Waals surface area contributed by atoms with E-state index in [4.69, 9.17) is 4.74 Å². The molecule has 5 rings (SSSR count). The van der Waals surface area contributed by atoms with E-state index < -0.39 is 35.2 Å². The predicted octanol–water partition coefficient (Wildman–Crippen LogP) is 2.64. The summed E-state index contributed by atoms with van der Waals surface area (Å²) in [5, 5.41) is 23.9. The van der Waals surface area contributed by atoms with E-state index in [1.54, 1.807) is 12.1 Å². The van der Waals surface area contributed by atoms with Crippen molar-refractivity contribution < 1.29 is 9.84 Å². The summed E-state index contributed by atoms with van der Waals surface area (Å²) in [5.41, 5.74) is 1.55. The average Bonchev–Trinajstić information content (AvgIpc) is 3.30. The van der Waals surface area contributed by atoms with E-state index in [-0.39, 0.29) is 13.0 Å². The minimum Gasteiger partial charge on any atom is -0.390 e. The van der Waals surface area contributed by atoms with Crippen LogP contribution in [0.15, 0.2) is 107 Å². The van der Waals surface area contributed by atoms with Crippen LogP contribution >= 0.6 is 0 Å². The molecule has 1 fully saturated rings. The van der Waals surface area contributed by atoms with Gasteiger partial charge >= 0.3 is 5.69 Å². The zero-order valence-corrected chi connectivity index (χ0v) is 20.0. The summed E-state index contributed by atoms with van der Waals surface area (Å²) in [6.45, 7) is 0.263. The third-order valence-corrected chi connectivity index (χ3v) is 6.79. The molecule has 0 radical (unpaired) electrons. The SMILES string of the molecule is N#Cc1ccc(C(NC[C@H]2O[C@@H](n3ccc(=O)[nH]c3=O)C[C@@H]2O)(c2ccccc2)c2ccccc2)cc1. The summed E-state index contributed by atoms with van der Waals surface area (Å²) >= 11 is 0. The Labute approximate surface area is 213 Å². The number of hydrogen-bond donors (Lipinski definition) is 3. The maximum Gasteiger partial charge on any atom is 0.330 e. The molecule has 2 heterocycles. The van der Waals surface area contributed by atoms with Crippen molar-refractivity contribution in [3.63, 3.8) is 0 Å². The molecule has 1 saturated heterocycles. The molecule has 4 aromatic rings. The van der Waals surface area contributed by atoms with E-state index in [2.05, 4.69) is 16.4 Å². The van der Waals surface area contributed by atoms with Crippen molar-refractivity contribution >= 4 is 0 Å². The molecule has 0 amide bonds. The topological polar surface area (TPSA) is 120 Å². The number of aromatic amines is 1. The Hall–Kier alpha value is -4.29. The van der Waals surface area contributed by atoms with Crippen molar-refractivity contribution in [2.45, 2.75) is 30.4 Å². The molecule has 1 aromatic heterocycles. The van der Waals surface area contributed by atoms with Crippen molar-refractivity contribution in [1.82, 2.24) is 14.9 Å². The third kappa shape index (κ3) is 4.76. The molecule has 186 valence electrons. The van der Waals surface area contributed by atoms with Gasteiger partial charge in [-0.15, -0.1) is 0 Å². The highest BCUT2D eigenvalue weighted by molar-refractivity contribution is 5.50. The van der Waals surface area contributed by atoms with Gasteiger partial charge in [0.15, 0.2) is 0 Å². The third-order valence-electron chi connectivity index (χ3n) is 6.79. The van der Waals surface area contributed by atoms with Crippen LogP contribution in [0.5, 0.6) is 0 Å². The normalized spacial score (nSPS) is 19.4. The first-order valence-electron chi connectivity index (χ1n) is 12.0. The molecule has 0 spiro atoms. The summed E-state index contributed by atoms with van der Waals surface area (Å²) in [7, 11) is 0. The van der Waals surface area contributed by atoms with E-state index in [0.717, 1.165) is 16.7 Å². The van der Waals surface area contributed by atoms with E-state index in [1.807, 2.05) is 72.8 Å². The van der Waals surface area contributed by atoms with Crippen LogP contribution in [0, 0.1) is 11.3 Å². The van der Waals surface area contributed by atoms with Gasteiger partial charge in [0.25, 0.3) is 5.56 Å². The number of nitriles is 1. The van der Waals surface area contributed by atoms with E-state index in [1.165, 1.54) is 16.8 Å². The number of benzene rings is 3. The first-order valence-corrected chi connectivity index (χ1v) is 12.0. The fraction of sp³-hybridized carbons (Fsp3) is 0.207. The zero-order valence-electron chi connectivity index (χ0n) is 20.0. The second-order valence-corrected chi connectivity index (χ2v) is 9.00. The maximum absolute atomic E-state index is 12.3. The summed E-state index contributed by atoms with van der Waals surface area (Å²) in [4.78, 5) is 26.0. The number of nitrogens with zero attached hydrogens (tertiary/aromatic N) is 2. The molecule has 0 unspecified atom stereocenters. The fourth-order valence-electron chi connectivity index (χ4n) is 4.95. The molecule has 1 aliphatic rings. The maximum atomic E-state index is 12.3. The fourth-order valence-corrected chi connectivity index (χ4v) is 4.95. The summed E-state index contributed by atoms with van der Waals surface area (Å²) in [6, 6.07) is 30.8. The van der Waals surface area contributed by atoms with Gasteiger partial charge in [0.05, 0.1) is 29.4 Å². The Balaban J connectivity index is 1.52. The van der Waals surface area contributed by atoms with Crippen LogP contribution in [-0.2, 0) is 10.3 Å². The van der Waals surface area contributed by atoms with E-state index in [0.29, 0.717) is 5.56 Å². The lowest BCUT2D eigenvalue weighted by molar-refractivity contribution is -0.0212. The molecule has 1 aliphatic heterocycles. The largest absolute Gasteiger partial charge is 0.390 e. The first-order chi connectivity index (χ1) is 18.0. The Morgan fingerprint density at radius 1 is 0.946 bits per heavy atom. The van der Waals surface area contributed by atoms with Gasteiger partial charge in [-0.05, 0) is 28.8 Å². The van der Waals surface area contributed by atoms with Crippen LogP contribution < -0.4 is 16.6 Å². The number of hydrogen-bond acceptors (Lipinski definition) is 6. The van der Waals surface area contributed by atoms with Gasteiger partial charge in [-0.25, -0.2) is 4.79 Å². The summed E-state index contributed by atoms with van der Waals surface area (Å²) < 4.78 is 7.39. The second-order valence-electron chi connectivity index (χ2n) is 9.00. The number of ether oxygens (including phenoxy) is 1. The number of aliphatic hydroxyl groups is 1. The standard InChI is InChI=1S/C29H26N4O4/c30-18-20-11-13-23(14-12-20)29(21-7-3-1-4-8-21,22-9-5-2-6-10-22)31-19-25-24(34)17-27(37-25)33-16-15-26(35)32-28(33)36/h1-16,24-25,27,31,34H,17,19H2,(H,32,35,36)/t24-,25+,27+/m0/s1. The number of nitrogens with one attached hydrogen (secondary N) is 2. The van der Waals surface area contributed by atoms with Gasteiger partial charge in [0.1, 0.15) is 6.23 Å². The predicted molar refractivity (Wildman–Crippen MR) is 138 cm³/mol. The number of aromatic nitrogens is 2. The highest BCUT2D eigenvalue weighted by Crippen LogP contribution is 2.38. The molecule has 8 heteroatoms. The van der Waals surface area contributed by atoms with E-state index in [9.17, 15) is 20.0 Å². The average molecular weight is 495 g/mol. The number of rotatable bonds is 7. The number of H-pyrrole nitrogens is 1. The molecule has 37 heavy (non-hydrogen) atoms. The van der Waals surface area contributed by atoms with Gasteiger partial charge in [-0.1, -0.05) is 72.8 Å². The van der Waals surface area contributed by atoms with Crippen molar-refractivity contribution in [1.29, 1.82) is 5.26 Å². The molecule has 3 N–H and O–H groups in total. The lowest BCUT2D eigenvalue weighted by Crippen LogP contribution is -2.49. The van der Waals surface area contributed by atoms with Crippen LogP contribution in [0.1, 0.15) is 34.9 Å². The highest BCUT2D eigenvalue weighted by atomic mass is 16.5. The van der Waals surface area contributed by atoms with Gasteiger partial charge in [0.2, 0.25) is 0 Å². The van der Waals surface area contributed by atoms with Crippen LogP contribution in [0.4, 0.5) is 0 Å². The lowest BCUT2D eigenvalue weighted by Gasteiger charge is -2.38. The van der Waals surface area contributed by atoms with Crippen molar-refractivity contribution in [2.24, 2.45) is 0 Å². The minimum absolute atomic E-state index is 0.207. The second kappa shape index (κ2) is 10.4. The minimum atomic E-state index is -0.832. The van der Waals surface area contributed by atoms with Crippen LogP contribution in [0.25, 0.3) is 0 Å². The lowest BCUT2D eigenvalue weighted by atomic mass is 9.76. The van der Waals surface area contributed by atoms with Gasteiger partial charge in [-0.3, -0.25) is 19.7 Å². The molecular weight excluding hydrogens is 468 g/mol. The van der Waals surface area contributed by atoms with Gasteiger partial charge in [-0.2, -0.15) is 5.26 Å². The Morgan fingerprint density at radius 3 is 2.11 bits per heavy atom. The Morgan fingerprint density at radius 2 is 1.54 bits per heavy atom.